The Labute approximate surface area is 241 Å². The van der Waals surface area contributed by atoms with Gasteiger partial charge in [0, 0.05) is 46.2 Å². The molecule has 2 unspecified atom stereocenters. The molecule has 0 radical (unpaired) electrons. The van der Waals surface area contributed by atoms with Crippen LogP contribution >= 0.6 is 27.7 Å². The van der Waals surface area contributed by atoms with Crippen molar-refractivity contribution in [1.29, 1.82) is 0 Å². The molecule has 1 aromatic heterocycles. The molecule has 1 amide bonds. The minimum Gasteiger partial charge on any atom is -0.444 e. The van der Waals surface area contributed by atoms with Crippen molar-refractivity contribution in [3.63, 3.8) is 0 Å². The molecule has 198 valence electrons. The third-order valence-corrected chi connectivity index (χ3v) is 8.53. The van der Waals surface area contributed by atoms with Crippen molar-refractivity contribution in [1.82, 2.24) is 14.9 Å². The number of nitro benzene ring substituents is 1. The molecule has 3 aliphatic heterocycles. The summed E-state index contributed by atoms with van der Waals surface area (Å²) in [7, 11) is 0. The Balaban J connectivity index is 1.35. The second kappa shape index (κ2) is 9.39. The lowest BCUT2D eigenvalue weighted by Gasteiger charge is -2.45. The van der Waals surface area contributed by atoms with Gasteiger partial charge in [0.25, 0.3) is 10.9 Å². The highest BCUT2D eigenvalue weighted by Gasteiger charge is 2.58. The van der Waals surface area contributed by atoms with Gasteiger partial charge in [0.05, 0.1) is 21.6 Å². The average Bonchev–Trinajstić information content (AvgIpc) is 3.68. The van der Waals surface area contributed by atoms with Crippen LogP contribution in [0.1, 0.15) is 29.3 Å². The highest BCUT2D eigenvalue weighted by Crippen LogP contribution is 2.53. The first kappa shape index (κ1) is 24.7. The second-order valence-corrected chi connectivity index (χ2v) is 11.4. The zero-order valence-electron chi connectivity index (χ0n) is 20.7. The summed E-state index contributed by atoms with van der Waals surface area (Å²) in [5, 5.41) is 20.8. The number of carbonyl (C=O) groups excluding carboxylic acids is 1. The third kappa shape index (κ3) is 4.00. The van der Waals surface area contributed by atoms with Crippen LogP contribution in [0.15, 0.2) is 106 Å². The van der Waals surface area contributed by atoms with E-state index in [1.54, 1.807) is 12.1 Å². The van der Waals surface area contributed by atoms with E-state index in [-0.39, 0.29) is 17.0 Å². The fourth-order valence-corrected chi connectivity index (χ4v) is 6.58. The number of nitrogens with zero attached hydrogens (tertiary/aromatic N) is 4. The molecule has 0 aliphatic carbocycles. The number of rotatable bonds is 4. The van der Waals surface area contributed by atoms with Crippen molar-refractivity contribution < 1.29 is 14.5 Å². The summed E-state index contributed by atoms with van der Waals surface area (Å²) in [6.07, 6.45) is 4.42. The maximum atomic E-state index is 13.0. The van der Waals surface area contributed by atoms with E-state index in [9.17, 15) is 14.9 Å². The van der Waals surface area contributed by atoms with Gasteiger partial charge in [0.1, 0.15) is 5.75 Å². The number of halogens is 1. The molecule has 40 heavy (non-hydrogen) atoms. The monoisotopic (exact) mass is 613 g/mol. The number of nitro groups is 1. The molecule has 3 aliphatic rings. The van der Waals surface area contributed by atoms with Crippen molar-refractivity contribution >= 4 is 50.4 Å². The van der Waals surface area contributed by atoms with Crippen LogP contribution in [-0.2, 0) is 0 Å². The summed E-state index contributed by atoms with van der Waals surface area (Å²) in [4.78, 5) is 24.3. The van der Waals surface area contributed by atoms with Crippen molar-refractivity contribution in [2.24, 2.45) is 5.10 Å². The number of benzene rings is 3. The van der Waals surface area contributed by atoms with Gasteiger partial charge < -0.3 is 9.30 Å². The molecule has 0 saturated carbocycles. The van der Waals surface area contributed by atoms with Crippen LogP contribution in [0.4, 0.5) is 10.5 Å². The Bertz CT molecular complexity index is 1740. The number of ether oxygens (including phenoxy) is 1. The molecule has 7 rings (SSSR count). The number of carbonyl (C=O) groups is 1. The predicted molar refractivity (Wildman–Crippen MR) is 156 cm³/mol. The third-order valence-electron chi connectivity index (χ3n) is 7.13. The topological polar surface area (TPSA) is 102 Å². The van der Waals surface area contributed by atoms with Crippen LogP contribution in [0.2, 0.25) is 0 Å². The maximum Gasteiger partial charge on any atom is 0.314 e. The summed E-state index contributed by atoms with van der Waals surface area (Å²) >= 11 is 4.66. The van der Waals surface area contributed by atoms with Crippen molar-refractivity contribution in [2.45, 2.75) is 18.3 Å². The normalized spacial score (nSPS) is 22.1. The molecule has 3 aromatic carbocycles. The van der Waals surface area contributed by atoms with Crippen LogP contribution in [0.3, 0.4) is 0 Å². The van der Waals surface area contributed by atoms with E-state index in [0.29, 0.717) is 17.1 Å². The highest BCUT2D eigenvalue weighted by molar-refractivity contribution is 9.10. The lowest BCUT2D eigenvalue weighted by Crippen LogP contribution is -2.61. The maximum absolute atomic E-state index is 13.0. The van der Waals surface area contributed by atoms with Gasteiger partial charge in [-0.2, -0.15) is 5.10 Å². The van der Waals surface area contributed by atoms with E-state index in [4.69, 9.17) is 9.84 Å². The van der Waals surface area contributed by atoms with Gasteiger partial charge in [-0.25, -0.2) is 5.01 Å². The first-order valence-electron chi connectivity index (χ1n) is 12.5. The van der Waals surface area contributed by atoms with Gasteiger partial charge in [0.2, 0.25) is 0 Å². The number of hydrogen-bond donors (Lipinski definition) is 1. The molecule has 1 fully saturated rings. The molecule has 1 N–H and O–H groups in total. The highest BCUT2D eigenvalue weighted by atomic mass is 79.9. The van der Waals surface area contributed by atoms with Crippen molar-refractivity contribution in [3.8, 4) is 11.4 Å². The number of hydrogen-bond acceptors (Lipinski definition) is 7. The molecule has 2 atom stereocenters. The van der Waals surface area contributed by atoms with Gasteiger partial charge >= 0.3 is 5.85 Å². The molecule has 4 heterocycles. The van der Waals surface area contributed by atoms with Crippen molar-refractivity contribution in [3.05, 3.63) is 127 Å². The molecular formula is C29H20BrN5O4S. The first-order valence-corrected chi connectivity index (χ1v) is 14.1. The SMILES string of the molecule is O=C1NC2(Oc3ccc(Br)cc3C3CC(c4ccccc4)=NN32)C(=Cc2cccn2-c2ccc([N+](=O)[O-])cc2)S1. The second-order valence-electron chi connectivity index (χ2n) is 9.51. The Morgan fingerprint density at radius 2 is 1.90 bits per heavy atom. The zero-order valence-corrected chi connectivity index (χ0v) is 23.1. The van der Waals surface area contributed by atoms with Gasteiger partial charge in [-0.15, -0.1) is 0 Å². The van der Waals surface area contributed by atoms with E-state index in [0.717, 1.165) is 44.5 Å². The summed E-state index contributed by atoms with van der Waals surface area (Å²) < 4.78 is 9.48. The van der Waals surface area contributed by atoms with Gasteiger partial charge in [-0.1, -0.05) is 46.3 Å². The van der Waals surface area contributed by atoms with E-state index in [1.807, 2.05) is 82.5 Å². The lowest BCUT2D eigenvalue weighted by atomic mass is 9.96. The fraction of sp³-hybridized carbons (Fsp3) is 0.103. The lowest BCUT2D eigenvalue weighted by molar-refractivity contribution is -0.384. The van der Waals surface area contributed by atoms with Gasteiger partial charge in [-0.05, 0) is 65.9 Å². The largest absolute Gasteiger partial charge is 0.444 e. The summed E-state index contributed by atoms with van der Waals surface area (Å²) in [6, 6.07) is 25.8. The average molecular weight is 614 g/mol. The molecule has 1 spiro atoms. The summed E-state index contributed by atoms with van der Waals surface area (Å²) in [5.74, 6) is -0.664. The fourth-order valence-electron chi connectivity index (χ4n) is 5.31. The molecule has 1 saturated heterocycles. The number of aromatic nitrogens is 1. The number of thioether (sulfide) groups is 1. The van der Waals surface area contributed by atoms with Crippen molar-refractivity contribution in [2.75, 3.05) is 0 Å². The molecule has 4 aromatic rings. The van der Waals surface area contributed by atoms with E-state index >= 15 is 0 Å². The van der Waals surface area contributed by atoms with Crippen LogP contribution < -0.4 is 10.1 Å². The Morgan fingerprint density at radius 1 is 1.10 bits per heavy atom. The molecule has 9 nitrogen and oxygen atoms in total. The number of nitrogens with one attached hydrogen (secondary N) is 1. The number of non-ortho nitro benzene ring substituents is 1. The number of hydrazone groups is 1. The van der Waals surface area contributed by atoms with E-state index in [1.165, 1.54) is 12.1 Å². The first-order chi connectivity index (χ1) is 19.4. The predicted octanol–water partition coefficient (Wildman–Crippen LogP) is 6.84. The van der Waals surface area contributed by atoms with E-state index < -0.39 is 10.8 Å². The number of amides is 1. The zero-order chi connectivity index (χ0) is 27.4. The molecule has 11 heteroatoms. The Hall–Kier alpha value is -4.35. The molecular weight excluding hydrogens is 594 g/mol. The van der Waals surface area contributed by atoms with Crippen LogP contribution in [0.5, 0.6) is 5.75 Å². The van der Waals surface area contributed by atoms with Gasteiger partial charge in [-0.3, -0.25) is 20.2 Å². The summed E-state index contributed by atoms with van der Waals surface area (Å²) in [5.41, 5.74) is 4.44. The van der Waals surface area contributed by atoms with E-state index in [2.05, 4.69) is 21.2 Å². The smallest absolute Gasteiger partial charge is 0.314 e. The standard InChI is InChI=1S/C29H20BrN5O4S/c30-19-8-13-26-23(15-19)25-17-24(18-5-2-1-3-6-18)32-34(25)29(39-26)27(40-28(36)31-29)16-22-7-4-14-33(22)20-9-11-21(12-10-20)35(37)38/h1-16,25H,17H2,(H,31,36). The Kier molecular flexibility index (Phi) is 5.79. The van der Waals surface area contributed by atoms with Crippen LogP contribution in [0, 0.1) is 10.1 Å². The van der Waals surface area contributed by atoms with Crippen LogP contribution in [-0.4, -0.2) is 31.3 Å². The van der Waals surface area contributed by atoms with Gasteiger partial charge in [0.15, 0.2) is 0 Å². The van der Waals surface area contributed by atoms with Crippen LogP contribution in [0.25, 0.3) is 11.8 Å². The number of fused-ring (bicyclic) bond motifs is 4. The minimum atomic E-state index is -1.34. The molecule has 0 bridgehead atoms. The summed E-state index contributed by atoms with van der Waals surface area (Å²) in [6.45, 7) is 0. The quantitative estimate of drug-likeness (QED) is 0.200. The Morgan fingerprint density at radius 3 is 2.67 bits per heavy atom. The minimum absolute atomic E-state index is 0.0176.